The highest BCUT2D eigenvalue weighted by Crippen LogP contribution is 2.20. The predicted octanol–water partition coefficient (Wildman–Crippen LogP) is 1.35. The van der Waals surface area contributed by atoms with Crippen molar-refractivity contribution in [1.82, 2.24) is 0 Å². The first-order chi connectivity index (χ1) is 6.94. The molecule has 0 bridgehead atoms. The first-order valence-electron chi connectivity index (χ1n) is 5.15. The maximum Gasteiger partial charge on any atom is 0.0765 e. The van der Waals surface area contributed by atoms with Crippen molar-refractivity contribution >= 4 is 5.69 Å². The minimum atomic E-state index is -0.698. The lowest BCUT2D eigenvalue weighted by atomic mass is 10.1. The molecular formula is C12H20N2O. The molecule has 0 aliphatic heterocycles. The summed E-state index contributed by atoms with van der Waals surface area (Å²) >= 11 is 0. The molecule has 1 aromatic rings. The van der Waals surface area contributed by atoms with Gasteiger partial charge in [0.1, 0.15) is 0 Å². The molecule has 3 N–H and O–H groups in total. The Morgan fingerprint density at radius 1 is 1.33 bits per heavy atom. The molecule has 0 aromatic heterocycles. The van der Waals surface area contributed by atoms with Crippen LogP contribution in [0.4, 0.5) is 5.69 Å². The third kappa shape index (κ3) is 3.53. The lowest BCUT2D eigenvalue weighted by Crippen LogP contribution is -2.36. The topological polar surface area (TPSA) is 49.5 Å². The molecule has 1 aromatic carbocycles. The van der Waals surface area contributed by atoms with E-state index in [1.165, 1.54) is 0 Å². The molecule has 0 amide bonds. The Morgan fingerprint density at radius 3 is 2.47 bits per heavy atom. The van der Waals surface area contributed by atoms with Crippen LogP contribution in [0, 0.1) is 0 Å². The number of rotatable bonds is 4. The number of benzene rings is 1. The van der Waals surface area contributed by atoms with E-state index in [1.807, 2.05) is 36.2 Å². The van der Waals surface area contributed by atoms with Crippen molar-refractivity contribution in [3.05, 3.63) is 29.8 Å². The van der Waals surface area contributed by atoms with Gasteiger partial charge in [-0.25, -0.2) is 0 Å². The van der Waals surface area contributed by atoms with Crippen LogP contribution in [0.5, 0.6) is 0 Å². The van der Waals surface area contributed by atoms with Crippen LogP contribution < -0.4 is 10.6 Å². The maximum absolute atomic E-state index is 9.74. The third-order valence-corrected chi connectivity index (χ3v) is 2.25. The largest absolute Gasteiger partial charge is 0.389 e. The molecule has 0 radical (unpaired) electrons. The Labute approximate surface area is 91.5 Å². The normalized spacial score (nSPS) is 11.5. The van der Waals surface area contributed by atoms with Crippen LogP contribution in [0.15, 0.2) is 24.3 Å². The van der Waals surface area contributed by atoms with Gasteiger partial charge in [-0.1, -0.05) is 18.2 Å². The summed E-state index contributed by atoms with van der Waals surface area (Å²) in [6, 6.07) is 7.99. The molecular weight excluding hydrogens is 188 g/mol. The average molecular weight is 208 g/mol. The van der Waals surface area contributed by atoms with Crippen molar-refractivity contribution in [2.75, 3.05) is 18.5 Å². The molecule has 3 heteroatoms. The molecule has 84 valence electrons. The summed E-state index contributed by atoms with van der Waals surface area (Å²) in [5.74, 6) is 0. The Morgan fingerprint density at radius 2 is 1.93 bits per heavy atom. The number of nitrogens with zero attached hydrogens (tertiary/aromatic N) is 1. The SMILES string of the molecule is CN(CC(C)(C)O)c1ccccc1CN. The first-order valence-corrected chi connectivity index (χ1v) is 5.15. The quantitative estimate of drug-likeness (QED) is 0.785. The van der Waals surface area contributed by atoms with E-state index in [1.54, 1.807) is 13.8 Å². The number of anilines is 1. The fourth-order valence-corrected chi connectivity index (χ4v) is 1.72. The second-order valence-corrected chi connectivity index (χ2v) is 4.50. The predicted molar refractivity (Wildman–Crippen MR) is 63.9 cm³/mol. The van der Waals surface area contributed by atoms with Crippen molar-refractivity contribution in [2.24, 2.45) is 5.73 Å². The van der Waals surface area contributed by atoms with Crippen LogP contribution >= 0.6 is 0 Å². The van der Waals surface area contributed by atoms with Crippen LogP contribution in [-0.2, 0) is 6.54 Å². The summed E-state index contributed by atoms with van der Waals surface area (Å²) in [5, 5.41) is 9.74. The number of aliphatic hydroxyl groups is 1. The molecule has 0 unspecified atom stereocenters. The monoisotopic (exact) mass is 208 g/mol. The molecule has 0 saturated heterocycles. The van der Waals surface area contributed by atoms with Crippen LogP contribution in [0.3, 0.4) is 0 Å². The van der Waals surface area contributed by atoms with E-state index in [0.29, 0.717) is 13.1 Å². The molecule has 0 heterocycles. The van der Waals surface area contributed by atoms with E-state index in [0.717, 1.165) is 11.3 Å². The number of likely N-dealkylation sites (N-methyl/N-ethyl adjacent to an activating group) is 1. The van der Waals surface area contributed by atoms with Gasteiger partial charge < -0.3 is 15.7 Å². The van der Waals surface area contributed by atoms with Gasteiger partial charge in [-0.3, -0.25) is 0 Å². The van der Waals surface area contributed by atoms with E-state index < -0.39 is 5.60 Å². The standard InChI is InChI=1S/C12H20N2O/c1-12(2,15)9-14(3)11-7-5-4-6-10(11)8-13/h4-7,15H,8-9,13H2,1-3H3. The summed E-state index contributed by atoms with van der Waals surface area (Å²) < 4.78 is 0. The van der Waals surface area contributed by atoms with Gasteiger partial charge in [0.15, 0.2) is 0 Å². The Bertz CT molecular complexity index is 318. The van der Waals surface area contributed by atoms with E-state index >= 15 is 0 Å². The van der Waals surface area contributed by atoms with Crippen molar-refractivity contribution in [2.45, 2.75) is 26.0 Å². The smallest absolute Gasteiger partial charge is 0.0765 e. The molecule has 0 aliphatic rings. The molecule has 0 spiro atoms. The Balaban J connectivity index is 2.86. The van der Waals surface area contributed by atoms with Gasteiger partial charge >= 0.3 is 0 Å². The average Bonchev–Trinajstić information content (AvgIpc) is 2.15. The Kier molecular flexibility index (Phi) is 3.72. The van der Waals surface area contributed by atoms with Crippen LogP contribution in [0.2, 0.25) is 0 Å². The molecule has 1 rings (SSSR count). The van der Waals surface area contributed by atoms with Gasteiger partial charge in [-0.15, -0.1) is 0 Å². The second kappa shape index (κ2) is 4.64. The summed E-state index contributed by atoms with van der Waals surface area (Å²) in [5.41, 5.74) is 7.15. The summed E-state index contributed by atoms with van der Waals surface area (Å²) in [6.07, 6.45) is 0. The number of nitrogens with two attached hydrogens (primary N) is 1. The van der Waals surface area contributed by atoms with Crippen molar-refractivity contribution in [3.63, 3.8) is 0 Å². The zero-order valence-corrected chi connectivity index (χ0v) is 9.70. The zero-order chi connectivity index (χ0) is 11.5. The summed E-state index contributed by atoms with van der Waals surface area (Å²) in [4.78, 5) is 2.03. The fraction of sp³-hybridized carbons (Fsp3) is 0.500. The van der Waals surface area contributed by atoms with E-state index in [-0.39, 0.29) is 0 Å². The van der Waals surface area contributed by atoms with Gasteiger partial charge in [0, 0.05) is 25.8 Å². The minimum absolute atomic E-state index is 0.520. The van der Waals surface area contributed by atoms with Crippen molar-refractivity contribution < 1.29 is 5.11 Å². The van der Waals surface area contributed by atoms with E-state index in [4.69, 9.17) is 5.73 Å². The van der Waals surface area contributed by atoms with Gasteiger partial charge in [-0.05, 0) is 25.5 Å². The van der Waals surface area contributed by atoms with Gasteiger partial charge in [0.05, 0.1) is 5.60 Å². The maximum atomic E-state index is 9.74. The third-order valence-electron chi connectivity index (χ3n) is 2.25. The summed E-state index contributed by atoms with van der Waals surface area (Å²) in [7, 11) is 1.96. The van der Waals surface area contributed by atoms with Crippen LogP contribution in [-0.4, -0.2) is 24.3 Å². The highest BCUT2D eigenvalue weighted by molar-refractivity contribution is 5.53. The lowest BCUT2D eigenvalue weighted by Gasteiger charge is -2.28. The summed E-state index contributed by atoms with van der Waals surface area (Å²) in [6.45, 7) is 4.71. The van der Waals surface area contributed by atoms with Crippen molar-refractivity contribution in [3.8, 4) is 0 Å². The van der Waals surface area contributed by atoms with Gasteiger partial charge in [0.25, 0.3) is 0 Å². The highest BCUT2D eigenvalue weighted by atomic mass is 16.3. The highest BCUT2D eigenvalue weighted by Gasteiger charge is 2.16. The van der Waals surface area contributed by atoms with E-state index in [2.05, 4.69) is 0 Å². The number of hydrogen-bond acceptors (Lipinski definition) is 3. The van der Waals surface area contributed by atoms with Crippen molar-refractivity contribution in [1.29, 1.82) is 0 Å². The van der Waals surface area contributed by atoms with Gasteiger partial charge in [0.2, 0.25) is 0 Å². The molecule has 0 aliphatic carbocycles. The Hall–Kier alpha value is -1.06. The minimum Gasteiger partial charge on any atom is -0.389 e. The zero-order valence-electron chi connectivity index (χ0n) is 9.70. The number of hydrogen-bond donors (Lipinski definition) is 2. The van der Waals surface area contributed by atoms with Crippen LogP contribution in [0.25, 0.3) is 0 Å². The lowest BCUT2D eigenvalue weighted by molar-refractivity contribution is 0.0886. The molecule has 15 heavy (non-hydrogen) atoms. The molecule has 0 fully saturated rings. The second-order valence-electron chi connectivity index (χ2n) is 4.50. The van der Waals surface area contributed by atoms with E-state index in [9.17, 15) is 5.11 Å². The first kappa shape index (κ1) is 12.0. The number of para-hydroxylation sites is 1. The van der Waals surface area contributed by atoms with Gasteiger partial charge in [-0.2, -0.15) is 0 Å². The molecule has 0 atom stereocenters. The molecule has 0 saturated carbocycles. The molecule has 3 nitrogen and oxygen atoms in total. The fourth-order valence-electron chi connectivity index (χ4n) is 1.72. The van der Waals surface area contributed by atoms with Crippen LogP contribution in [0.1, 0.15) is 19.4 Å².